The van der Waals surface area contributed by atoms with Gasteiger partial charge in [0.05, 0.1) is 0 Å². The Bertz CT molecular complexity index is 1060. The highest BCUT2D eigenvalue weighted by molar-refractivity contribution is 5.97. The lowest BCUT2D eigenvalue weighted by Gasteiger charge is -2.13. The zero-order chi connectivity index (χ0) is 21.5. The number of hydrogen-bond acceptors (Lipinski definition) is 4. The van der Waals surface area contributed by atoms with Gasteiger partial charge >= 0.3 is 5.97 Å². The minimum Gasteiger partial charge on any atom is -0.454 e. The van der Waals surface area contributed by atoms with Gasteiger partial charge in [0, 0.05) is 29.2 Å². The number of aromatic nitrogens is 1. The molecule has 0 aliphatic rings. The molecule has 1 heterocycles. The summed E-state index contributed by atoms with van der Waals surface area (Å²) in [6.45, 7) is 3.44. The van der Waals surface area contributed by atoms with Crippen LogP contribution in [0.15, 0.2) is 54.7 Å². The molecule has 0 aliphatic heterocycles. The number of amides is 2. The van der Waals surface area contributed by atoms with Crippen molar-refractivity contribution in [3.8, 4) is 0 Å². The molecule has 3 rings (SSSR count). The highest BCUT2D eigenvalue weighted by Crippen LogP contribution is 2.17. The fourth-order valence-corrected chi connectivity index (χ4v) is 3.11. The minimum atomic E-state index is -0.864. The van der Waals surface area contributed by atoms with Gasteiger partial charge in [0.1, 0.15) is 6.04 Å². The van der Waals surface area contributed by atoms with Crippen LogP contribution in [0.4, 0.5) is 0 Å². The fraction of sp³-hybridized carbons (Fsp3) is 0.261. The Morgan fingerprint density at radius 1 is 1.10 bits per heavy atom. The molecule has 0 bridgehead atoms. The van der Waals surface area contributed by atoms with Crippen LogP contribution in [0.5, 0.6) is 0 Å². The summed E-state index contributed by atoms with van der Waals surface area (Å²) in [4.78, 5) is 39.4. The molecule has 0 aliphatic carbocycles. The fourth-order valence-electron chi connectivity index (χ4n) is 3.11. The number of nitrogens with one attached hydrogen (secondary N) is 3. The summed E-state index contributed by atoms with van der Waals surface area (Å²) >= 11 is 0. The topological polar surface area (TPSA) is 100 Å². The summed E-state index contributed by atoms with van der Waals surface area (Å²) in [6, 6.07) is 14.1. The van der Waals surface area contributed by atoms with Gasteiger partial charge in [0.15, 0.2) is 6.61 Å². The molecule has 0 fully saturated rings. The molecule has 3 N–H and O–H groups in total. The van der Waals surface area contributed by atoms with Crippen molar-refractivity contribution >= 4 is 28.7 Å². The molecule has 2 aromatic carbocycles. The molecule has 0 radical (unpaired) electrons. The quantitative estimate of drug-likeness (QED) is 0.500. The number of carbonyl (C=O) groups is 3. The Hall–Kier alpha value is -3.61. The standard InChI is InChI=1S/C23H25N3O4/c1-15-6-5-7-17(12-15)22(28)26-16(2)23(29)30-14-21(27)24-11-10-18-13-25-20-9-4-3-8-19(18)20/h3-9,12-13,16,25H,10-11,14H2,1-2H3,(H,24,27)(H,26,28)/t16-/m0/s1. The number of para-hydroxylation sites is 1. The van der Waals surface area contributed by atoms with E-state index < -0.39 is 18.6 Å². The van der Waals surface area contributed by atoms with Gasteiger partial charge in [-0.2, -0.15) is 0 Å². The first-order chi connectivity index (χ1) is 14.4. The number of esters is 1. The van der Waals surface area contributed by atoms with Crippen molar-refractivity contribution in [3.63, 3.8) is 0 Å². The molecule has 2 amide bonds. The second kappa shape index (κ2) is 9.73. The van der Waals surface area contributed by atoms with Crippen molar-refractivity contribution in [1.82, 2.24) is 15.6 Å². The molecule has 0 unspecified atom stereocenters. The van der Waals surface area contributed by atoms with Crippen LogP contribution in [0.25, 0.3) is 10.9 Å². The normalized spacial score (nSPS) is 11.7. The first kappa shape index (κ1) is 21.1. The smallest absolute Gasteiger partial charge is 0.328 e. The van der Waals surface area contributed by atoms with E-state index in [1.807, 2.05) is 43.5 Å². The van der Waals surface area contributed by atoms with E-state index >= 15 is 0 Å². The summed E-state index contributed by atoms with van der Waals surface area (Å²) in [7, 11) is 0. The van der Waals surface area contributed by atoms with Crippen molar-refractivity contribution in [2.45, 2.75) is 26.3 Å². The van der Waals surface area contributed by atoms with E-state index in [2.05, 4.69) is 15.6 Å². The maximum absolute atomic E-state index is 12.2. The van der Waals surface area contributed by atoms with E-state index in [0.29, 0.717) is 18.5 Å². The number of benzene rings is 2. The van der Waals surface area contributed by atoms with Gasteiger partial charge in [0.25, 0.3) is 11.8 Å². The third-order valence-electron chi connectivity index (χ3n) is 4.72. The SMILES string of the molecule is Cc1cccc(C(=O)N[C@@H](C)C(=O)OCC(=O)NCCc2c[nH]c3ccccc23)c1. The van der Waals surface area contributed by atoms with Gasteiger partial charge < -0.3 is 20.4 Å². The average Bonchev–Trinajstić information content (AvgIpc) is 3.15. The Balaban J connectivity index is 1.39. The largest absolute Gasteiger partial charge is 0.454 e. The monoisotopic (exact) mass is 407 g/mol. The third-order valence-corrected chi connectivity index (χ3v) is 4.72. The van der Waals surface area contributed by atoms with Crippen molar-refractivity contribution in [2.24, 2.45) is 0 Å². The summed E-state index contributed by atoms with van der Waals surface area (Å²) < 4.78 is 5.01. The minimum absolute atomic E-state index is 0.369. The van der Waals surface area contributed by atoms with Crippen LogP contribution >= 0.6 is 0 Å². The average molecular weight is 407 g/mol. The second-order valence-electron chi connectivity index (χ2n) is 7.13. The van der Waals surface area contributed by atoms with Crippen LogP contribution in [0.1, 0.15) is 28.4 Å². The van der Waals surface area contributed by atoms with Gasteiger partial charge in [0.2, 0.25) is 0 Å². The number of rotatable bonds is 8. The van der Waals surface area contributed by atoms with Crippen LogP contribution in [-0.2, 0) is 20.7 Å². The van der Waals surface area contributed by atoms with Gasteiger partial charge in [-0.3, -0.25) is 9.59 Å². The molecule has 7 nitrogen and oxygen atoms in total. The molecule has 0 saturated carbocycles. The van der Waals surface area contributed by atoms with E-state index in [1.165, 1.54) is 6.92 Å². The van der Waals surface area contributed by atoms with Crippen LogP contribution in [0, 0.1) is 6.92 Å². The lowest BCUT2D eigenvalue weighted by atomic mass is 10.1. The van der Waals surface area contributed by atoms with Crippen LogP contribution in [0.3, 0.4) is 0 Å². The van der Waals surface area contributed by atoms with E-state index in [1.54, 1.807) is 18.2 Å². The van der Waals surface area contributed by atoms with Gasteiger partial charge in [-0.25, -0.2) is 4.79 Å². The van der Waals surface area contributed by atoms with Crippen LogP contribution < -0.4 is 10.6 Å². The third kappa shape index (κ3) is 5.47. The predicted molar refractivity (Wildman–Crippen MR) is 114 cm³/mol. The van der Waals surface area contributed by atoms with E-state index in [9.17, 15) is 14.4 Å². The summed E-state index contributed by atoms with van der Waals surface area (Å²) in [6.07, 6.45) is 2.59. The maximum Gasteiger partial charge on any atom is 0.328 e. The number of hydrogen-bond donors (Lipinski definition) is 3. The molecule has 156 valence electrons. The number of aryl methyl sites for hydroxylation is 1. The summed E-state index contributed by atoms with van der Waals surface area (Å²) in [5.74, 6) is -1.42. The second-order valence-corrected chi connectivity index (χ2v) is 7.13. The Morgan fingerprint density at radius 3 is 2.70 bits per heavy atom. The van der Waals surface area contributed by atoms with Crippen molar-refractivity contribution in [1.29, 1.82) is 0 Å². The predicted octanol–water partition coefficient (Wildman–Crippen LogP) is 2.50. The Morgan fingerprint density at radius 2 is 1.90 bits per heavy atom. The van der Waals surface area contributed by atoms with Crippen LogP contribution in [-0.4, -0.2) is 42.0 Å². The van der Waals surface area contributed by atoms with E-state index in [0.717, 1.165) is 22.0 Å². The number of carbonyl (C=O) groups excluding carboxylic acids is 3. The number of aromatic amines is 1. The molecular weight excluding hydrogens is 382 g/mol. The lowest BCUT2D eigenvalue weighted by Crippen LogP contribution is -2.41. The molecule has 7 heteroatoms. The first-order valence-corrected chi connectivity index (χ1v) is 9.80. The molecule has 1 aromatic heterocycles. The van der Waals surface area contributed by atoms with Crippen molar-refractivity contribution in [3.05, 3.63) is 71.4 Å². The summed E-state index contributed by atoms with van der Waals surface area (Å²) in [5.41, 5.74) is 3.57. The highest BCUT2D eigenvalue weighted by Gasteiger charge is 2.19. The zero-order valence-electron chi connectivity index (χ0n) is 17.0. The van der Waals surface area contributed by atoms with Gasteiger partial charge in [-0.05, 0) is 44.0 Å². The van der Waals surface area contributed by atoms with Crippen molar-refractivity contribution < 1.29 is 19.1 Å². The number of fused-ring (bicyclic) bond motifs is 1. The molecule has 30 heavy (non-hydrogen) atoms. The van der Waals surface area contributed by atoms with Crippen LogP contribution in [0.2, 0.25) is 0 Å². The highest BCUT2D eigenvalue weighted by atomic mass is 16.5. The molecule has 0 saturated heterocycles. The van der Waals surface area contributed by atoms with Crippen molar-refractivity contribution in [2.75, 3.05) is 13.2 Å². The lowest BCUT2D eigenvalue weighted by molar-refractivity contribution is -0.150. The number of ether oxygens (including phenoxy) is 1. The van der Waals surface area contributed by atoms with Gasteiger partial charge in [-0.15, -0.1) is 0 Å². The summed E-state index contributed by atoms with van der Waals surface area (Å²) in [5, 5.41) is 6.43. The molecular formula is C23H25N3O4. The number of H-pyrrole nitrogens is 1. The first-order valence-electron chi connectivity index (χ1n) is 9.80. The zero-order valence-corrected chi connectivity index (χ0v) is 17.0. The molecule has 0 spiro atoms. The molecule has 1 atom stereocenters. The Labute approximate surface area is 174 Å². The van der Waals surface area contributed by atoms with E-state index in [-0.39, 0.29) is 11.8 Å². The van der Waals surface area contributed by atoms with E-state index in [4.69, 9.17) is 4.74 Å². The molecule has 3 aromatic rings. The Kier molecular flexibility index (Phi) is 6.85. The van der Waals surface area contributed by atoms with Gasteiger partial charge in [-0.1, -0.05) is 35.9 Å². The maximum atomic E-state index is 12.2.